The van der Waals surface area contributed by atoms with Crippen LogP contribution in [0.5, 0.6) is 0 Å². The van der Waals surface area contributed by atoms with Crippen LogP contribution >= 0.6 is 11.3 Å². The van der Waals surface area contributed by atoms with E-state index in [0.29, 0.717) is 10.9 Å². The van der Waals surface area contributed by atoms with Gasteiger partial charge in [0.15, 0.2) is 0 Å². The lowest BCUT2D eigenvalue weighted by Crippen LogP contribution is -2.25. The molecule has 2 amide bonds. The molecule has 0 bridgehead atoms. The molecule has 4 rings (SSSR count). The number of nitrogens with zero attached hydrogens (tertiary/aromatic N) is 4. The number of carbonyl (C=O) groups is 2. The van der Waals surface area contributed by atoms with Gasteiger partial charge in [0, 0.05) is 5.39 Å². The summed E-state index contributed by atoms with van der Waals surface area (Å²) in [6, 6.07) is 0.347. The number of fused-ring (bicyclic) bond motifs is 1. The van der Waals surface area contributed by atoms with Crippen molar-refractivity contribution in [1.29, 1.82) is 0 Å². The lowest BCUT2D eigenvalue weighted by Gasteiger charge is -2.14. The number of anilines is 1. The molecule has 1 fully saturated rings. The molecule has 31 heavy (non-hydrogen) atoms. The minimum atomic E-state index is -2.78. The summed E-state index contributed by atoms with van der Waals surface area (Å²) < 4.78 is 27.7. The maximum absolute atomic E-state index is 13.3. The summed E-state index contributed by atoms with van der Waals surface area (Å²) in [4.78, 5) is 39.2. The second-order valence-corrected chi connectivity index (χ2v) is 8.16. The number of rotatable bonds is 7. The molecule has 1 unspecified atom stereocenters. The lowest BCUT2D eigenvalue weighted by molar-refractivity contribution is -0.385. The Bertz CT molecular complexity index is 1220. The summed E-state index contributed by atoms with van der Waals surface area (Å²) in [5.41, 5.74) is 5.49. The monoisotopic (exact) mass is 450 g/mol. The highest BCUT2D eigenvalue weighted by Crippen LogP contribution is 2.48. The normalized spacial score (nSPS) is 14.7. The van der Waals surface area contributed by atoms with Gasteiger partial charge in [-0.3, -0.25) is 24.4 Å². The summed E-state index contributed by atoms with van der Waals surface area (Å²) in [6.45, 7) is 1.47. The van der Waals surface area contributed by atoms with Crippen molar-refractivity contribution in [3.63, 3.8) is 0 Å². The molecule has 1 saturated carbocycles. The molecule has 162 valence electrons. The third-order valence-corrected chi connectivity index (χ3v) is 6.10. The molecule has 0 spiro atoms. The van der Waals surface area contributed by atoms with Gasteiger partial charge in [-0.2, -0.15) is 5.10 Å². The van der Waals surface area contributed by atoms with E-state index >= 15 is 0 Å². The Morgan fingerprint density at radius 2 is 2.13 bits per heavy atom. The van der Waals surface area contributed by atoms with E-state index in [2.05, 4.69) is 15.4 Å². The van der Waals surface area contributed by atoms with Crippen molar-refractivity contribution < 1.29 is 23.3 Å². The summed E-state index contributed by atoms with van der Waals surface area (Å²) >= 11 is 0.835. The van der Waals surface area contributed by atoms with Crippen LogP contribution in [0.2, 0.25) is 0 Å². The molecular weight excluding hydrogens is 434 g/mol. The number of carbonyl (C=O) groups excluding carboxylic acids is 2. The van der Waals surface area contributed by atoms with Crippen molar-refractivity contribution in [2.75, 3.05) is 5.32 Å². The summed E-state index contributed by atoms with van der Waals surface area (Å²) in [6.07, 6.45) is 0.931. The minimum absolute atomic E-state index is 0.0113. The molecular formula is C18H16F2N6O4S. The van der Waals surface area contributed by atoms with Gasteiger partial charge in [0.2, 0.25) is 5.91 Å². The zero-order valence-corrected chi connectivity index (χ0v) is 16.9. The number of primary amides is 1. The second-order valence-electron chi connectivity index (χ2n) is 7.16. The van der Waals surface area contributed by atoms with Gasteiger partial charge in [0.25, 0.3) is 12.3 Å². The predicted molar refractivity (Wildman–Crippen MR) is 107 cm³/mol. The van der Waals surface area contributed by atoms with Crippen molar-refractivity contribution in [1.82, 2.24) is 14.8 Å². The Labute approximate surface area is 177 Å². The number of alkyl halides is 2. The van der Waals surface area contributed by atoms with Gasteiger partial charge in [-0.25, -0.2) is 13.8 Å². The zero-order chi connectivity index (χ0) is 22.4. The fraction of sp³-hybridized carbons (Fsp3) is 0.333. The number of pyridine rings is 1. The van der Waals surface area contributed by atoms with Crippen molar-refractivity contribution in [3.05, 3.63) is 44.7 Å². The lowest BCUT2D eigenvalue weighted by atomic mass is 10.0. The number of amides is 2. The maximum atomic E-state index is 13.3. The van der Waals surface area contributed by atoms with Crippen LogP contribution in [0.4, 0.5) is 20.2 Å². The number of hydrogen-bond donors (Lipinski definition) is 2. The van der Waals surface area contributed by atoms with E-state index in [1.165, 1.54) is 13.0 Å². The summed E-state index contributed by atoms with van der Waals surface area (Å²) in [5, 5.41) is 17.7. The molecule has 3 aromatic rings. The number of thiophene rings is 1. The fourth-order valence-corrected chi connectivity index (χ4v) is 4.27. The number of nitrogens with two attached hydrogens (primary N) is 1. The molecule has 3 heterocycles. The molecule has 1 atom stereocenters. The van der Waals surface area contributed by atoms with Gasteiger partial charge in [0.1, 0.15) is 33.8 Å². The SMILES string of the molecule is CC(C(=O)Nc1c(C(N)=O)sc2nc(C(F)F)cc(C3CC3)c12)n1cc([N+](=O)[O-])cn1. The van der Waals surface area contributed by atoms with E-state index in [4.69, 9.17) is 5.73 Å². The van der Waals surface area contributed by atoms with Crippen molar-refractivity contribution in [2.45, 2.75) is 38.2 Å². The molecule has 0 aliphatic heterocycles. The van der Waals surface area contributed by atoms with Gasteiger partial charge in [0.05, 0.1) is 10.6 Å². The first-order valence-corrected chi connectivity index (χ1v) is 10.0. The third kappa shape index (κ3) is 3.83. The standard InChI is InChI=1S/C18H16F2N6O4S/c1-7(25-6-9(5-22-25)26(29)30)17(28)24-13-12-10(8-2-3-8)4-11(15(19)20)23-18(12)31-14(13)16(21)27/h4-8,15H,2-3H2,1H3,(H2,21,27)(H,24,28). The highest BCUT2D eigenvalue weighted by atomic mass is 32.1. The number of halogens is 2. The van der Waals surface area contributed by atoms with Crippen LogP contribution in [0.25, 0.3) is 10.2 Å². The van der Waals surface area contributed by atoms with Crippen LogP contribution in [0.3, 0.4) is 0 Å². The maximum Gasteiger partial charge on any atom is 0.307 e. The topological polar surface area (TPSA) is 146 Å². The number of nitro groups is 1. The van der Waals surface area contributed by atoms with E-state index < -0.39 is 34.9 Å². The molecule has 0 radical (unpaired) electrons. The van der Waals surface area contributed by atoms with Gasteiger partial charge in [-0.15, -0.1) is 11.3 Å². The Morgan fingerprint density at radius 1 is 1.42 bits per heavy atom. The van der Waals surface area contributed by atoms with E-state index in [9.17, 15) is 28.5 Å². The van der Waals surface area contributed by atoms with Crippen molar-refractivity contribution in [3.8, 4) is 0 Å². The average Bonchev–Trinajstić information content (AvgIpc) is 3.31. The number of nitrogens with one attached hydrogen (secondary N) is 1. The van der Waals surface area contributed by atoms with E-state index in [1.807, 2.05) is 0 Å². The summed E-state index contributed by atoms with van der Waals surface area (Å²) in [7, 11) is 0. The summed E-state index contributed by atoms with van der Waals surface area (Å²) in [5.74, 6) is -1.42. The molecule has 0 saturated heterocycles. The Hall–Kier alpha value is -3.48. The molecule has 1 aliphatic carbocycles. The largest absolute Gasteiger partial charge is 0.365 e. The van der Waals surface area contributed by atoms with Crippen LogP contribution < -0.4 is 11.1 Å². The van der Waals surface area contributed by atoms with Gasteiger partial charge >= 0.3 is 5.69 Å². The fourth-order valence-electron chi connectivity index (χ4n) is 3.25. The minimum Gasteiger partial charge on any atom is -0.365 e. The Kier molecular flexibility index (Phi) is 5.13. The van der Waals surface area contributed by atoms with E-state index in [-0.39, 0.29) is 27.0 Å². The number of aromatic nitrogens is 3. The van der Waals surface area contributed by atoms with Crippen LogP contribution in [0.1, 0.15) is 59.1 Å². The van der Waals surface area contributed by atoms with Crippen LogP contribution in [0, 0.1) is 10.1 Å². The molecule has 10 nitrogen and oxygen atoms in total. The quantitative estimate of drug-likeness (QED) is 0.416. The molecule has 13 heteroatoms. The van der Waals surface area contributed by atoms with Crippen molar-refractivity contribution >= 4 is 44.7 Å². The van der Waals surface area contributed by atoms with Crippen LogP contribution in [0.15, 0.2) is 18.5 Å². The first-order valence-electron chi connectivity index (χ1n) is 9.22. The molecule has 3 aromatic heterocycles. The molecule has 3 N–H and O–H groups in total. The smallest absolute Gasteiger partial charge is 0.307 e. The molecule has 0 aromatic carbocycles. The van der Waals surface area contributed by atoms with Gasteiger partial charge < -0.3 is 11.1 Å². The Balaban J connectivity index is 1.76. The van der Waals surface area contributed by atoms with Crippen LogP contribution in [-0.4, -0.2) is 31.5 Å². The first kappa shape index (κ1) is 20.8. The molecule has 1 aliphatic rings. The highest BCUT2D eigenvalue weighted by molar-refractivity contribution is 7.21. The van der Waals surface area contributed by atoms with Gasteiger partial charge in [-0.05, 0) is 37.3 Å². The average molecular weight is 450 g/mol. The predicted octanol–water partition coefficient (Wildman–Crippen LogP) is 3.51. The van der Waals surface area contributed by atoms with E-state index in [0.717, 1.165) is 41.3 Å². The highest BCUT2D eigenvalue weighted by Gasteiger charge is 2.32. The second kappa shape index (κ2) is 7.65. The van der Waals surface area contributed by atoms with Gasteiger partial charge in [-0.1, -0.05) is 0 Å². The van der Waals surface area contributed by atoms with Crippen LogP contribution in [-0.2, 0) is 4.79 Å². The van der Waals surface area contributed by atoms with E-state index in [1.54, 1.807) is 0 Å². The Morgan fingerprint density at radius 3 is 2.68 bits per heavy atom. The third-order valence-electron chi connectivity index (χ3n) is 5.00. The first-order chi connectivity index (χ1) is 14.7. The zero-order valence-electron chi connectivity index (χ0n) is 16.0. The van der Waals surface area contributed by atoms with Crippen molar-refractivity contribution in [2.24, 2.45) is 5.73 Å². The number of hydrogen-bond acceptors (Lipinski definition) is 7.